The Kier molecular flexibility index (Phi) is 5.45. The number of furan rings is 1. The maximum absolute atomic E-state index is 12.2. The van der Waals surface area contributed by atoms with Crippen LogP contribution in [0.5, 0.6) is 0 Å². The maximum Gasteiger partial charge on any atom is 0.251 e. The van der Waals surface area contributed by atoms with Crippen molar-refractivity contribution >= 4 is 11.6 Å². The molecule has 1 aromatic heterocycles. The highest BCUT2D eigenvalue weighted by molar-refractivity contribution is 5.94. The predicted octanol–water partition coefficient (Wildman–Crippen LogP) is 2.76. The lowest BCUT2D eigenvalue weighted by molar-refractivity contribution is 0.0330. The minimum absolute atomic E-state index is 0.0805. The molecule has 0 saturated carbocycles. The van der Waals surface area contributed by atoms with E-state index < -0.39 is 5.60 Å². The number of nitrogens with one attached hydrogen (secondary N) is 1. The molecule has 0 aliphatic rings. The van der Waals surface area contributed by atoms with E-state index in [1.807, 2.05) is 12.1 Å². The second kappa shape index (κ2) is 7.33. The van der Waals surface area contributed by atoms with Crippen molar-refractivity contribution in [1.29, 1.82) is 0 Å². The molecule has 0 spiro atoms. The summed E-state index contributed by atoms with van der Waals surface area (Å²) in [6.45, 7) is 7.73. The van der Waals surface area contributed by atoms with Gasteiger partial charge in [-0.1, -0.05) is 0 Å². The van der Waals surface area contributed by atoms with Crippen LogP contribution in [0.4, 0.5) is 5.69 Å². The SMILES string of the molecule is CCN(CC)c1ccc(C(=O)NCC(C)(O)c2ccco2)cc1. The van der Waals surface area contributed by atoms with Gasteiger partial charge >= 0.3 is 0 Å². The summed E-state index contributed by atoms with van der Waals surface area (Å²) in [4.78, 5) is 14.4. The minimum atomic E-state index is -1.24. The molecule has 1 unspecified atom stereocenters. The number of amides is 1. The van der Waals surface area contributed by atoms with Gasteiger partial charge in [-0.3, -0.25) is 4.79 Å². The number of carbonyl (C=O) groups is 1. The molecular formula is C18H24N2O3. The lowest BCUT2D eigenvalue weighted by Crippen LogP contribution is -2.38. The third-order valence-electron chi connectivity index (χ3n) is 3.90. The number of nitrogens with zero attached hydrogens (tertiary/aromatic N) is 1. The first-order chi connectivity index (χ1) is 11.0. The van der Waals surface area contributed by atoms with Gasteiger partial charge in [0, 0.05) is 24.3 Å². The molecule has 5 heteroatoms. The largest absolute Gasteiger partial charge is 0.466 e. The van der Waals surface area contributed by atoms with Crippen LogP contribution in [0, 0.1) is 0 Å². The molecule has 0 bridgehead atoms. The minimum Gasteiger partial charge on any atom is -0.466 e. The second-order valence-corrected chi connectivity index (χ2v) is 5.65. The van der Waals surface area contributed by atoms with E-state index in [0.29, 0.717) is 11.3 Å². The average molecular weight is 316 g/mol. The summed E-state index contributed by atoms with van der Waals surface area (Å²) in [5.74, 6) is 0.206. The molecule has 0 radical (unpaired) electrons. The van der Waals surface area contributed by atoms with Gasteiger partial charge in [-0.05, 0) is 57.2 Å². The molecule has 1 amide bonds. The molecule has 1 heterocycles. The topological polar surface area (TPSA) is 65.7 Å². The Hall–Kier alpha value is -2.27. The van der Waals surface area contributed by atoms with Crippen molar-refractivity contribution in [2.45, 2.75) is 26.4 Å². The Balaban J connectivity index is 1.98. The Morgan fingerprint density at radius 1 is 1.22 bits per heavy atom. The van der Waals surface area contributed by atoms with Crippen LogP contribution < -0.4 is 10.2 Å². The van der Waals surface area contributed by atoms with Crippen LogP contribution in [0.3, 0.4) is 0 Å². The van der Waals surface area contributed by atoms with Gasteiger partial charge in [-0.15, -0.1) is 0 Å². The van der Waals surface area contributed by atoms with Crippen molar-refractivity contribution < 1.29 is 14.3 Å². The van der Waals surface area contributed by atoms with Crippen molar-refractivity contribution in [3.05, 3.63) is 54.0 Å². The van der Waals surface area contributed by atoms with Gasteiger partial charge < -0.3 is 19.7 Å². The Morgan fingerprint density at radius 2 is 1.87 bits per heavy atom. The first-order valence-corrected chi connectivity index (χ1v) is 7.87. The number of aliphatic hydroxyl groups is 1. The fourth-order valence-corrected chi connectivity index (χ4v) is 2.44. The fourth-order valence-electron chi connectivity index (χ4n) is 2.44. The number of benzene rings is 1. The normalized spacial score (nSPS) is 13.4. The highest BCUT2D eigenvalue weighted by atomic mass is 16.4. The summed E-state index contributed by atoms with van der Waals surface area (Å²) in [6, 6.07) is 10.9. The molecule has 0 aliphatic heterocycles. The Labute approximate surface area is 136 Å². The van der Waals surface area contributed by atoms with E-state index in [-0.39, 0.29) is 12.5 Å². The van der Waals surface area contributed by atoms with Crippen LogP contribution in [-0.2, 0) is 5.60 Å². The van der Waals surface area contributed by atoms with Gasteiger partial charge in [0.1, 0.15) is 11.4 Å². The Bertz CT molecular complexity index is 614. The zero-order valence-electron chi connectivity index (χ0n) is 13.9. The molecule has 2 rings (SSSR count). The van der Waals surface area contributed by atoms with Crippen molar-refractivity contribution in [3.8, 4) is 0 Å². The Morgan fingerprint density at radius 3 is 2.39 bits per heavy atom. The van der Waals surface area contributed by atoms with E-state index in [2.05, 4.69) is 24.1 Å². The van der Waals surface area contributed by atoms with Gasteiger partial charge in [-0.25, -0.2) is 0 Å². The predicted molar refractivity (Wildman–Crippen MR) is 90.6 cm³/mol. The molecule has 1 aromatic carbocycles. The fraction of sp³-hybridized carbons (Fsp3) is 0.389. The quantitative estimate of drug-likeness (QED) is 0.824. The molecule has 0 aliphatic carbocycles. The molecule has 2 aromatic rings. The van der Waals surface area contributed by atoms with E-state index in [1.165, 1.54) is 6.26 Å². The van der Waals surface area contributed by atoms with Gasteiger partial charge in [0.15, 0.2) is 0 Å². The van der Waals surface area contributed by atoms with Gasteiger partial charge in [-0.2, -0.15) is 0 Å². The van der Waals surface area contributed by atoms with Crippen LogP contribution in [-0.4, -0.2) is 30.6 Å². The third-order valence-corrected chi connectivity index (χ3v) is 3.90. The van der Waals surface area contributed by atoms with Crippen LogP contribution in [0.2, 0.25) is 0 Å². The summed E-state index contributed by atoms with van der Waals surface area (Å²) in [6.07, 6.45) is 1.50. The van der Waals surface area contributed by atoms with E-state index in [0.717, 1.165) is 18.8 Å². The highest BCUT2D eigenvalue weighted by Gasteiger charge is 2.26. The van der Waals surface area contributed by atoms with Gasteiger partial charge in [0.2, 0.25) is 0 Å². The standard InChI is InChI=1S/C18H24N2O3/c1-4-20(5-2)15-10-8-14(9-11-15)17(21)19-13-18(3,22)16-7-6-12-23-16/h6-12,22H,4-5,13H2,1-3H3,(H,19,21). The van der Waals surface area contributed by atoms with Crippen LogP contribution >= 0.6 is 0 Å². The zero-order chi connectivity index (χ0) is 16.9. The van der Waals surface area contributed by atoms with Gasteiger partial charge in [0.05, 0.1) is 12.8 Å². The van der Waals surface area contributed by atoms with Crippen molar-refractivity contribution in [2.75, 3.05) is 24.5 Å². The van der Waals surface area contributed by atoms with Crippen LogP contribution in [0.15, 0.2) is 47.1 Å². The molecule has 2 N–H and O–H groups in total. The van der Waals surface area contributed by atoms with Crippen LogP contribution in [0.25, 0.3) is 0 Å². The summed E-state index contributed by atoms with van der Waals surface area (Å²) in [7, 11) is 0. The summed E-state index contributed by atoms with van der Waals surface area (Å²) in [5, 5.41) is 13.1. The number of hydrogen-bond donors (Lipinski definition) is 2. The summed E-state index contributed by atoms with van der Waals surface area (Å²) < 4.78 is 5.20. The van der Waals surface area contributed by atoms with E-state index >= 15 is 0 Å². The van der Waals surface area contributed by atoms with Crippen molar-refractivity contribution in [2.24, 2.45) is 0 Å². The average Bonchev–Trinajstić information content (AvgIpc) is 3.10. The summed E-state index contributed by atoms with van der Waals surface area (Å²) >= 11 is 0. The summed E-state index contributed by atoms with van der Waals surface area (Å²) in [5.41, 5.74) is 0.422. The van der Waals surface area contributed by atoms with Gasteiger partial charge in [0.25, 0.3) is 5.91 Å². The molecule has 1 atom stereocenters. The second-order valence-electron chi connectivity index (χ2n) is 5.65. The van der Waals surface area contributed by atoms with E-state index in [1.54, 1.807) is 31.2 Å². The zero-order valence-corrected chi connectivity index (χ0v) is 13.9. The first-order valence-electron chi connectivity index (χ1n) is 7.87. The lowest BCUT2D eigenvalue weighted by Gasteiger charge is -2.22. The number of carbonyl (C=O) groups excluding carboxylic acids is 1. The molecule has 124 valence electrons. The monoisotopic (exact) mass is 316 g/mol. The van der Waals surface area contributed by atoms with Crippen molar-refractivity contribution in [1.82, 2.24) is 5.32 Å². The third kappa shape index (κ3) is 4.13. The van der Waals surface area contributed by atoms with E-state index in [4.69, 9.17) is 4.42 Å². The number of anilines is 1. The first kappa shape index (κ1) is 17.1. The van der Waals surface area contributed by atoms with Crippen LogP contribution in [0.1, 0.15) is 36.9 Å². The smallest absolute Gasteiger partial charge is 0.251 e. The molecule has 5 nitrogen and oxygen atoms in total. The molecule has 23 heavy (non-hydrogen) atoms. The van der Waals surface area contributed by atoms with Crippen molar-refractivity contribution in [3.63, 3.8) is 0 Å². The molecule has 0 saturated heterocycles. The maximum atomic E-state index is 12.2. The molecule has 0 fully saturated rings. The lowest BCUT2D eigenvalue weighted by atomic mass is 10.0. The molecular weight excluding hydrogens is 292 g/mol. The number of rotatable bonds is 7. The highest BCUT2D eigenvalue weighted by Crippen LogP contribution is 2.20. The van der Waals surface area contributed by atoms with E-state index in [9.17, 15) is 9.90 Å². The number of hydrogen-bond acceptors (Lipinski definition) is 4.